The Balaban J connectivity index is 2.06. The maximum atomic E-state index is 12.9. The molecule has 0 radical (unpaired) electrons. The molecule has 1 amide bonds. The smallest absolute Gasteiger partial charge is 0.274 e. The lowest BCUT2D eigenvalue weighted by molar-refractivity contribution is 0.102. The topological polar surface area (TPSA) is 55.6 Å². The van der Waals surface area contributed by atoms with Crippen LogP contribution in [-0.4, -0.2) is 22.4 Å². The molecule has 0 saturated heterocycles. The summed E-state index contributed by atoms with van der Waals surface area (Å²) in [6.45, 7) is 1.97. The Bertz CT molecular complexity index is 924. The Morgan fingerprint density at radius 2 is 2.17 bits per heavy atom. The summed E-state index contributed by atoms with van der Waals surface area (Å²) in [5.41, 5.74) is 2.46. The van der Waals surface area contributed by atoms with Crippen molar-refractivity contribution >= 4 is 44.8 Å². The summed E-state index contributed by atoms with van der Waals surface area (Å²) in [6.07, 6.45) is 2.47. The van der Waals surface area contributed by atoms with E-state index < -0.39 is 0 Å². The van der Waals surface area contributed by atoms with E-state index in [1.54, 1.807) is 29.7 Å². The van der Waals surface area contributed by atoms with Gasteiger partial charge in [0.25, 0.3) is 5.91 Å². The summed E-state index contributed by atoms with van der Waals surface area (Å²) in [7, 11) is 1.54. The van der Waals surface area contributed by atoms with E-state index in [1.165, 1.54) is 0 Å². The van der Waals surface area contributed by atoms with Gasteiger partial charge in [0.2, 0.25) is 0 Å². The number of carbonyl (C=O) groups excluding carboxylic acids is 1. The molecule has 5 nitrogen and oxygen atoms in total. The molecule has 0 saturated carbocycles. The van der Waals surface area contributed by atoms with Crippen LogP contribution in [-0.2, 0) is 6.42 Å². The van der Waals surface area contributed by atoms with Crippen molar-refractivity contribution in [2.75, 3.05) is 12.4 Å². The maximum absolute atomic E-state index is 12.9. The van der Waals surface area contributed by atoms with E-state index in [4.69, 9.17) is 16.3 Å². The van der Waals surface area contributed by atoms with Gasteiger partial charge < -0.3 is 10.1 Å². The first-order chi connectivity index (χ1) is 11.5. The van der Waals surface area contributed by atoms with E-state index >= 15 is 0 Å². The van der Waals surface area contributed by atoms with E-state index in [2.05, 4.69) is 26.2 Å². The highest BCUT2D eigenvalue weighted by molar-refractivity contribution is 9.10. The standard InChI is InChI=1S/C17H15BrClN3O2/c1-3-12-16(22-9-10(18)4-7-15(22)20-12)17(23)21-13-8-11(19)5-6-14(13)24-2/h4-9H,3H2,1-2H3,(H,21,23). The van der Waals surface area contributed by atoms with Crippen LogP contribution in [0.1, 0.15) is 23.1 Å². The van der Waals surface area contributed by atoms with Crippen molar-refractivity contribution in [1.82, 2.24) is 9.38 Å². The third kappa shape index (κ3) is 3.12. The highest BCUT2D eigenvalue weighted by atomic mass is 79.9. The van der Waals surface area contributed by atoms with Crippen LogP contribution in [0.4, 0.5) is 5.69 Å². The fourth-order valence-electron chi connectivity index (χ4n) is 2.51. The summed E-state index contributed by atoms with van der Waals surface area (Å²) in [4.78, 5) is 17.4. The van der Waals surface area contributed by atoms with E-state index in [0.29, 0.717) is 28.6 Å². The minimum Gasteiger partial charge on any atom is -0.495 e. The summed E-state index contributed by atoms with van der Waals surface area (Å²) >= 11 is 9.45. The van der Waals surface area contributed by atoms with Crippen LogP contribution in [0, 0.1) is 0 Å². The summed E-state index contributed by atoms with van der Waals surface area (Å²) in [6, 6.07) is 8.83. The van der Waals surface area contributed by atoms with E-state index in [-0.39, 0.29) is 5.91 Å². The third-order valence-electron chi connectivity index (χ3n) is 3.61. The van der Waals surface area contributed by atoms with Crippen LogP contribution in [0.15, 0.2) is 41.0 Å². The van der Waals surface area contributed by atoms with Gasteiger partial charge >= 0.3 is 0 Å². The molecule has 3 aromatic rings. The number of rotatable bonds is 4. The van der Waals surface area contributed by atoms with Crippen LogP contribution in [0.25, 0.3) is 5.65 Å². The fourth-order valence-corrected chi connectivity index (χ4v) is 3.02. The minimum atomic E-state index is -0.266. The highest BCUT2D eigenvalue weighted by Crippen LogP contribution is 2.28. The number of nitrogens with zero attached hydrogens (tertiary/aromatic N) is 2. The van der Waals surface area contributed by atoms with Gasteiger partial charge in [-0.15, -0.1) is 0 Å². The predicted octanol–water partition coefficient (Wildman–Crippen LogP) is 4.57. The number of hydrogen-bond donors (Lipinski definition) is 1. The number of fused-ring (bicyclic) bond motifs is 1. The largest absolute Gasteiger partial charge is 0.495 e. The molecule has 0 bridgehead atoms. The Hall–Kier alpha value is -2.05. The first kappa shape index (κ1) is 16.8. The van der Waals surface area contributed by atoms with Crippen LogP contribution < -0.4 is 10.1 Å². The molecule has 0 aliphatic heterocycles. The summed E-state index contributed by atoms with van der Waals surface area (Å²) < 4.78 is 7.92. The Kier molecular flexibility index (Phi) is 4.78. The van der Waals surface area contributed by atoms with Crippen molar-refractivity contribution in [1.29, 1.82) is 0 Å². The van der Waals surface area contributed by atoms with Crippen LogP contribution in [0.5, 0.6) is 5.75 Å². The number of carbonyl (C=O) groups is 1. The zero-order valence-corrected chi connectivity index (χ0v) is 15.5. The van der Waals surface area contributed by atoms with E-state index in [0.717, 1.165) is 15.8 Å². The van der Waals surface area contributed by atoms with Gasteiger partial charge in [-0.25, -0.2) is 4.98 Å². The van der Waals surface area contributed by atoms with E-state index in [9.17, 15) is 4.79 Å². The molecule has 2 heterocycles. The van der Waals surface area contributed by atoms with Crippen LogP contribution in [0.2, 0.25) is 5.02 Å². The molecule has 7 heteroatoms. The number of anilines is 1. The fraction of sp³-hybridized carbons (Fsp3) is 0.176. The molecular formula is C17H15BrClN3O2. The molecular weight excluding hydrogens is 394 g/mol. The molecule has 0 fully saturated rings. The number of amides is 1. The lowest BCUT2D eigenvalue weighted by Crippen LogP contribution is -2.16. The molecule has 0 unspecified atom stereocenters. The summed E-state index contributed by atoms with van der Waals surface area (Å²) in [5, 5.41) is 3.38. The number of aryl methyl sites for hydroxylation is 1. The number of imidazole rings is 1. The van der Waals surface area contributed by atoms with Gasteiger partial charge in [-0.1, -0.05) is 18.5 Å². The lowest BCUT2D eigenvalue weighted by atomic mass is 10.2. The number of aromatic nitrogens is 2. The molecule has 3 rings (SSSR count). The Labute approximate surface area is 152 Å². The molecule has 0 aliphatic carbocycles. The minimum absolute atomic E-state index is 0.266. The van der Waals surface area contributed by atoms with Crippen molar-refractivity contribution in [3.63, 3.8) is 0 Å². The molecule has 0 atom stereocenters. The third-order valence-corrected chi connectivity index (χ3v) is 4.32. The molecule has 124 valence electrons. The van der Waals surface area contributed by atoms with Crippen molar-refractivity contribution in [2.45, 2.75) is 13.3 Å². The van der Waals surface area contributed by atoms with Crippen molar-refractivity contribution in [3.05, 3.63) is 57.4 Å². The number of benzene rings is 1. The second-order valence-electron chi connectivity index (χ2n) is 5.13. The number of nitrogens with one attached hydrogen (secondary N) is 1. The summed E-state index contributed by atoms with van der Waals surface area (Å²) in [5.74, 6) is 0.277. The Morgan fingerprint density at radius 3 is 2.88 bits per heavy atom. The van der Waals surface area contributed by atoms with Gasteiger partial charge in [-0.2, -0.15) is 0 Å². The second kappa shape index (κ2) is 6.83. The van der Waals surface area contributed by atoms with Gasteiger partial charge in [0.1, 0.15) is 17.1 Å². The zero-order valence-electron chi connectivity index (χ0n) is 13.1. The molecule has 1 aromatic carbocycles. The van der Waals surface area contributed by atoms with Gasteiger partial charge in [0.15, 0.2) is 0 Å². The molecule has 0 aliphatic rings. The normalized spacial score (nSPS) is 10.8. The van der Waals surface area contributed by atoms with Crippen molar-refractivity contribution in [2.24, 2.45) is 0 Å². The molecule has 24 heavy (non-hydrogen) atoms. The quantitative estimate of drug-likeness (QED) is 0.688. The van der Waals surface area contributed by atoms with Crippen LogP contribution in [0.3, 0.4) is 0 Å². The second-order valence-corrected chi connectivity index (χ2v) is 6.49. The van der Waals surface area contributed by atoms with Gasteiger partial charge in [0.05, 0.1) is 18.5 Å². The average molecular weight is 409 g/mol. The number of hydrogen-bond acceptors (Lipinski definition) is 3. The number of halogens is 2. The number of methoxy groups -OCH3 is 1. The van der Waals surface area contributed by atoms with Crippen LogP contribution >= 0.6 is 27.5 Å². The number of pyridine rings is 1. The SMILES string of the molecule is CCc1nc2ccc(Br)cn2c1C(=O)Nc1cc(Cl)ccc1OC. The van der Waals surface area contributed by atoms with Gasteiger partial charge in [-0.3, -0.25) is 9.20 Å². The van der Waals surface area contributed by atoms with Crippen molar-refractivity contribution in [3.8, 4) is 5.75 Å². The lowest BCUT2D eigenvalue weighted by Gasteiger charge is -2.11. The molecule has 0 spiro atoms. The van der Waals surface area contributed by atoms with Gasteiger partial charge in [-0.05, 0) is 52.7 Å². The van der Waals surface area contributed by atoms with E-state index in [1.807, 2.05) is 25.3 Å². The van der Waals surface area contributed by atoms with Gasteiger partial charge in [0, 0.05) is 15.7 Å². The number of ether oxygens (including phenoxy) is 1. The van der Waals surface area contributed by atoms with Crippen molar-refractivity contribution < 1.29 is 9.53 Å². The zero-order chi connectivity index (χ0) is 17.3. The first-order valence-corrected chi connectivity index (χ1v) is 8.52. The predicted molar refractivity (Wildman–Crippen MR) is 98.2 cm³/mol. The maximum Gasteiger partial charge on any atom is 0.274 e. The highest BCUT2D eigenvalue weighted by Gasteiger charge is 2.19. The molecule has 1 N–H and O–H groups in total. The monoisotopic (exact) mass is 407 g/mol. The average Bonchev–Trinajstić information content (AvgIpc) is 2.92. The first-order valence-electron chi connectivity index (χ1n) is 7.35. The molecule has 2 aromatic heterocycles. The Morgan fingerprint density at radius 1 is 1.38 bits per heavy atom.